The zero-order valence-electron chi connectivity index (χ0n) is 16.3. The van der Waals surface area contributed by atoms with Gasteiger partial charge in [-0.3, -0.25) is 9.89 Å². The van der Waals surface area contributed by atoms with E-state index in [9.17, 15) is 0 Å². The molecule has 0 saturated carbocycles. The molecule has 1 unspecified atom stereocenters. The fraction of sp³-hybridized carbons (Fsp3) is 0.650. The second-order valence-electron chi connectivity index (χ2n) is 7.10. The van der Waals surface area contributed by atoms with Crippen molar-refractivity contribution in [1.82, 2.24) is 15.5 Å². The number of hydrogen-bond acceptors (Lipinski definition) is 4. The lowest BCUT2D eigenvalue weighted by atomic mass is 10.2. The van der Waals surface area contributed by atoms with Crippen molar-refractivity contribution >= 4 is 27.6 Å². The van der Waals surface area contributed by atoms with Crippen LogP contribution in [-0.2, 0) is 4.74 Å². The van der Waals surface area contributed by atoms with Gasteiger partial charge in [0.25, 0.3) is 0 Å². The number of anilines is 1. The number of nitrogens with one attached hydrogen (secondary N) is 2. The Morgan fingerprint density at radius 1 is 1.26 bits per heavy atom. The number of para-hydroxylation sites is 1. The summed E-state index contributed by atoms with van der Waals surface area (Å²) in [6.07, 6.45) is 2.21. The van der Waals surface area contributed by atoms with E-state index in [4.69, 9.17) is 9.73 Å². The van der Waals surface area contributed by atoms with Gasteiger partial charge in [-0.25, -0.2) is 0 Å². The van der Waals surface area contributed by atoms with E-state index in [1.807, 2.05) is 0 Å². The predicted octanol–water partition coefficient (Wildman–Crippen LogP) is 2.31. The van der Waals surface area contributed by atoms with Gasteiger partial charge in [-0.1, -0.05) is 12.1 Å². The van der Waals surface area contributed by atoms with Crippen molar-refractivity contribution < 1.29 is 4.74 Å². The number of guanidine groups is 1. The van der Waals surface area contributed by atoms with Gasteiger partial charge in [0.05, 0.1) is 18.9 Å². The maximum atomic E-state index is 5.40. The molecule has 0 aliphatic carbocycles. The average Bonchev–Trinajstić information content (AvgIpc) is 3.15. The van der Waals surface area contributed by atoms with Gasteiger partial charge in [0.2, 0.25) is 0 Å². The van der Waals surface area contributed by atoms with Crippen molar-refractivity contribution in [3.63, 3.8) is 0 Å². The maximum Gasteiger partial charge on any atom is 0.191 e. The molecule has 1 aromatic rings. The lowest BCUT2D eigenvalue weighted by molar-refractivity contribution is 0.0377. The zero-order valence-corrected chi connectivity index (χ0v) is 17.9. The largest absolute Gasteiger partial charge is 0.379 e. The molecule has 0 radical (unpaired) electrons. The van der Waals surface area contributed by atoms with Crippen LogP contribution < -0.4 is 15.5 Å². The number of hydrogen-bond donors (Lipinski definition) is 2. The highest BCUT2D eigenvalue weighted by atomic mass is 79.9. The quantitative estimate of drug-likeness (QED) is 0.389. The Balaban J connectivity index is 1.45. The van der Waals surface area contributed by atoms with E-state index >= 15 is 0 Å². The lowest BCUT2D eigenvalue weighted by Crippen LogP contribution is -2.44. The van der Waals surface area contributed by atoms with Crippen LogP contribution in [0.15, 0.2) is 33.7 Å². The summed E-state index contributed by atoms with van der Waals surface area (Å²) in [6.45, 7) is 10.9. The van der Waals surface area contributed by atoms with Crippen molar-refractivity contribution in [2.45, 2.75) is 25.8 Å². The van der Waals surface area contributed by atoms with E-state index in [1.165, 1.54) is 5.69 Å². The molecule has 7 heteroatoms. The maximum absolute atomic E-state index is 5.40. The Morgan fingerprint density at radius 2 is 2.07 bits per heavy atom. The first-order chi connectivity index (χ1) is 13.3. The average molecular weight is 438 g/mol. The summed E-state index contributed by atoms with van der Waals surface area (Å²) in [5, 5.41) is 7.01. The van der Waals surface area contributed by atoms with Crippen molar-refractivity contribution in [2.24, 2.45) is 4.99 Å². The van der Waals surface area contributed by atoms with Crippen molar-refractivity contribution in [3.05, 3.63) is 28.7 Å². The highest BCUT2D eigenvalue weighted by Gasteiger charge is 2.24. The molecule has 6 nitrogen and oxygen atoms in total. The minimum Gasteiger partial charge on any atom is -0.379 e. The summed E-state index contributed by atoms with van der Waals surface area (Å²) in [7, 11) is 0. The monoisotopic (exact) mass is 437 g/mol. The molecule has 2 fully saturated rings. The SMILES string of the molecule is CCNC(=NCCCN1CCOCC1)NC1CCN(c2ccccc2Br)C1. The fourth-order valence-electron chi connectivity index (χ4n) is 3.63. The predicted molar refractivity (Wildman–Crippen MR) is 116 cm³/mol. The lowest BCUT2D eigenvalue weighted by Gasteiger charge is -2.26. The third-order valence-electron chi connectivity index (χ3n) is 5.07. The van der Waals surface area contributed by atoms with E-state index in [0.717, 1.165) is 82.3 Å². The third-order valence-corrected chi connectivity index (χ3v) is 5.74. The molecule has 1 aromatic carbocycles. The smallest absolute Gasteiger partial charge is 0.191 e. The Morgan fingerprint density at radius 3 is 2.85 bits per heavy atom. The van der Waals surface area contributed by atoms with Crippen LogP contribution >= 0.6 is 15.9 Å². The van der Waals surface area contributed by atoms with Crippen LogP contribution in [0.25, 0.3) is 0 Å². The molecular formula is C20H32BrN5O. The van der Waals surface area contributed by atoms with Gasteiger partial charge < -0.3 is 20.3 Å². The number of halogens is 1. The normalized spacial score (nSPS) is 21.5. The Labute approximate surface area is 171 Å². The topological polar surface area (TPSA) is 52.1 Å². The van der Waals surface area contributed by atoms with Gasteiger partial charge >= 0.3 is 0 Å². The van der Waals surface area contributed by atoms with Crippen molar-refractivity contribution in [1.29, 1.82) is 0 Å². The van der Waals surface area contributed by atoms with Gasteiger partial charge in [-0.15, -0.1) is 0 Å². The number of aliphatic imine (C=N–C) groups is 1. The molecule has 2 saturated heterocycles. The zero-order chi connectivity index (χ0) is 18.9. The molecule has 3 rings (SSSR count). The summed E-state index contributed by atoms with van der Waals surface area (Å²) >= 11 is 3.67. The van der Waals surface area contributed by atoms with Crippen LogP contribution in [0.1, 0.15) is 19.8 Å². The molecule has 0 bridgehead atoms. The molecule has 0 amide bonds. The first kappa shape index (κ1) is 20.4. The Hall–Kier alpha value is -1.31. The number of nitrogens with zero attached hydrogens (tertiary/aromatic N) is 3. The molecule has 2 aliphatic heterocycles. The summed E-state index contributed by atoms with van der Waals surface area (Å²) in [5.74, 6) is 0.943. The van der Waals surface area contributed by atoms with Crippen LogP contribution in [0.5, 0.6) is 0 Å². The second kappa shape index (κ2) is 10.9. The Kier molecular flexibility index (Phi) is 8.23. The second-order valence-corrected chi connectivity index (χ2v) is 7.95. The molecule has 2 N–H and O–H groups in total. The number of ether oxygens (including phenoxy) is 1. The first-order valence-corrected chi connectivity index (χ1v) is 10.9. The molecule has 2 aliphatic rings. The number of morpholine rings is 1. The van der Waals surface area contributed by atoms with E-state index in [2.05, 4.69) is 67.6 Å². The highest BCUT2D eigenvalue weighted by molar-refractivity contribution is 9.10. The van der Waals surface area contributed by atoms with Gasteiger partial charge in [0.1, 0.15) is 0 Å². The van der Waals surface area contributed by atoms with Crippen LogP contribution in [0.3, 0.4) is 0 Å². The molecule has 2 heterocycles. The molecule has 0 spiro atoms. The van der Waals surface area contributed by atoms with Crippen LogP contribution in [0.4, 0.5) is 5.69 Å². The van der Waals surface area contributed by atoms with Crippen molar-refractivity contribution in [3.8, 4) is 0 Å². The number of benzene rings is 1. The molecule has 150 valence electrons. The molecule has 1 atom stereocenters. The van der Waals surface area contributed by atoms with E-state index < -0.39 is 0 Å². The summed E-state index contributed by atoms with van der Waals surface area (Å²) in [4.78, 5) is 9.68. The molecule has 0 aromatic heterocycles. The van der Waals surface area contributed by atoms with Gasteiger partial charge in [0, 0.05) is 56.3 Å². The molecule has 27 heavy (non-hydrogen) atoms. The third kappa shape index (κ3) is 6.36. The number of rotatable bonds is 7. The molecular weight excluding hydrogens is 406 g/mol. The van der Waals surface area contributed by atoms with Gasteiger partial charge in [-0.05, 0) is 47.8 Å². The Bertz CT molecular complexity index is 606. The van der Waals surface area contributed by atoms with Gasteiger partial charge in [-0.2, -0.15) is 0 Å². The van der Waals surface area contributed by atoms with Crippen LogP contribution in [-0.4, -0.2) is 75.9 Å². The van der Waals surface area contributed by atoms with Crippen molar-refractivity contribution in [2.75, 3.05) is 63.9 Å². The van der Waals surface area contributed by atoms with Gasteiger partial charge in [0.15, 0.2) is 5.96 Å². The highest BCUT2D eigenvalue weighted by Crippen LogP contribution is 2.28. The van der Waals surface area contributed by atoms with E-state index in [0.29, 0.717) is 6.04 Å². The first-order valence-electron chi connectivity index (χ1n) is 10.1. The van der Waals surface area contributed by atoms with Crippen LogP contribution in [0, 0.1) is 0 Å². The summed E-state index contributed by atoms with van der Waals surface area (Å²) < 4.78 is 6.56. The van der Waals surface area contributed by atoms with Crippen LogP contribution in [0.2, 0.25) is 0 Å². The standard InChI is InChI=1S/C20H32BrN5O/c1-2-22-20(23-9-5-10-25-12-14-27-15-13-25)24-17-8-11-26(16-17)19-7-4-3-6-18(19)21/h3-4,6-7,17H,2,5,8-16H2,1H3,(H2,22,23,24). The summed E-state index contributed by atoms with van der Waals surface area (Å²) in [5.41, 5.74) is 1.27. The fourth-order valence-corrected chi connectivity index (χ4v) is 4.16. The minimum absolute atomic E-state index is 0.425. The van der Waals surface area contributed by atoms with E-state index in [1.54, 1.807) is 0 Å². The minimum atomic E-state index is 0.425. The summed E-state index contributed by atoms with van der Waals surface area (Å²) in [6, 6.07) is 8.87. The van der Waals surface area contributed by atoms with E-state index in [-0.39, 0.29) is 0 Å².